The lowest BCUT2D eigenvalue weighted by Gasteiger charge is -2.05. The Morgan fingerprint density at radius 3 is 2.41 bits per heavy atom. The van der Waals surface area contributed by atoms with Crippen LogP contribution in [0.5, 0.6) is 11.5 Å². The highest BCUT2D eigenvalue weighted by molar-refractivity contribution is 5.99. The molecule has 0 radical (unpaired) electrons. The summed E-state index contributed by atoms with van der Waals surface area (Å²) in [6.45, 7) is -0.480. The summed E-state index contributed by atoms with van der Waals surface area (Å²) in [5, 5.41) is 2.01. The summed E-state index contributed by atoms with van der Waals surface area (Å²) in [5.74, 6) is -1.02. The SMILES string of the molecule is COc1ccc2cc(/C=C/C(=O)OCC(=O)c3ccc(OC)c(F)c3)ccc2c1. The third kappa shape index (κ3) is 4.99. The van der Waals surface area contributed by atoms with E-state index >= 15 is 0 Å². The summed E-state index contributed by atoms with van der Waals surface area (Å²) in [6.07, 6.45) is 2.84. The van der Waals surface area contributed by atoms with Gasteiger partial charge in [0.25, 0.3) is 0 Å². The van der Waals surface area contributed by atoms with Crippen molar-refractivity contribution in [1.82, 2.24) is 0 Å². The Morgan fingerprint density at radius 1 is 0.931 bits per heavy atom. The molecule has 0 aliphatic rings. The summed E-state index contributed by atoms with van der Waals surface area (Å²) in [4.78, 5) is 23.9. The third-order valence-electron chi connectivity index (χ3n) is 4.30. The number of methoxy groups -OCH3 is 2. The molecular formula is C23H19FO5. The van der Waals surface area contributed by atoms with Crippen LogP contribution in [0.25, 0.3) is 16.8 Å². The number of hydrogen-bond donors (Lipinski definition) is 0. The molecular weight excluding hydrogens is 375 g/mol. The van der Waals surface area contributed by atoms with Crippen molar-refractivity contribution >= 4 is 28.6 Å². The van der Waals surface area contributed by atoms with Crippen LogP contribution in [0.15, 0.2) is 60.7 Å². The number of carbonyl (C=O) groups excluding carboxylic acids is 2. The molecule has 0 unspecified atom stereocenters. The Morgan fingerprint density at radius 2 is 1.69 bits per heavy atom. The lowest BCUT2D eigenvalue weighted by Crippen LogP contribution is -2.12. The molecule has 0 bridgehead atoms. The van der Waals surface area contributed by atoms with Crippen LogP contribution >= 0.6 is 0 Å². The fourth-order valence-electron chi connectivity index (χ4n) is 2.75. The molecule has 3 aromatic carbocycles. The van der Waals surface area contributed by atoms with E-state index in [9.17, 15) is 14.0 Å². The van der Waals surface area contributed by atoms with Crippen LogP contribution in [-0.4, -0.2) is 32.6 Å². The Balaban J connectivity index is 1.60. The van der Waals surface area contributed by atoms with E-state index < -0.39 is 24.2 Å². The molecule has 6 heteroatoms. The van der Waals surface area contributed by atoms with Crippen molar-refractivity contribution < 1.29 is 28.2 Å². The highest BCUT2D eigenvalue weighted by atomic mass is 19.1. The van der Waals surface area contributed by atoms with E-state index in [2.05, 4.69) is 0 Å². The van der Waals surface area contributed by atoms with Gasteiger partial charge in [-0.05, 0) is 58.8 Å². The van der Waals surface area contributed by atoms with Crippen LogP contribution < -0.4 is 9.47 Å². The van der Waals surface area contributed by atoms with Gasteiger partial charge < -0.3 is 14.2 Å². The zero-order valence-electron chi connectivity index (χ0n) is 16.0. The van der Waals surface area contributed by atoms with E-state index in [1.54, 1.807) is 13.2 Å². The molecule has 3 rings (SSSR count). The van der Waals surface area contributed by atoms with E-state index in [-0.39, 0.29) is 11.3 Å². The number of halogens is 1. The van der Waals surface area contributed by atoms with Crippen LogP contribution in [-0.2, 0) is 9.53 Å². The van der Waals surface area contributed by atoms with Gasteiger partial charge in [-0.3, -0.25) is 4.79 Å². The molecule has 0 fully saturated rings. The third-order valence-corrected chi connectivity index (χ3v) is 4.30. The number of ketones is 1. The average Bonchev–Trinajstić information content (AvgIpc) is 2.75. The predicted octanol–water partition coefficient (Wildman–Crippen LogP) is 4.44. The van der Waals surface area contributed by atoms with Gasteiger partial charge in [0.1, 0.15) is 5.75 Å². The fourth-order valence-corrected chi connectivity index (χ4v) is 2.75. The molecule has 0 amide bonds. The van der Waals surface area contributed by atoms with Gasteiger partial charge in [-0.25, -0.2) is 9.18 Å². The van der Waals surface area contributed by atoms with Crippen LogP contribution in [0.1, 0.15) is 15.9 Å². The predicted molar refractivity (Wildman–Crippen MR) is 108 cm³/mol. The highest BCUT2D eigenvalue weighted by Crippen LogP contribution is 2.22. The summed E-state index contributed by atoms with van der Waals surface area (Å²) < 4.78 is 28.6. The van der Waals surface area contributed by atoms with Crippen molar-refractivity contribution in [2.45, 2.75) is 0 Å². The minimum Gasteiger partial charge on any atom is -0.497 e. The van der Waals surface area contributed by atoms with Crippen LogP contribution in [0.2, 0.25) is 0 Å². The van der Waals surface area contributed by atoms with Gasteiger partial charge in [0.15, 0.2) is 24.0 Å². The molecule has 148 valence electrons. The largest absolute Gasteiger partial charge is 0.497 e. The average molecular weight is 394 g/mol. The van der Waals surface area contributed by atoms with E-state index in [4.69, 9.17) is 14.2 Å². The molecule has 0 spiro atoms. The maximum absolute atomic E-state index is 13.7. The topological polar surface area (TPSA) is 61.8 Å². The van der Waals surface area contributed by atoms with Gasteiger partial charge >= 0.3 is 5.97 Å². The fraction of sp³-hybridized carbons (Fsp3) is 0.130. The van der Waals surface area contributed by atoms with Gasteiger partial charge in [-0.15, -0.1) is 0 Å². The van der Waals surface area contributed by atoms with Gasteiger partial charge in [0.05, 0.1) is 14.2 Å². The van der Waals surface area contributed by atoms with Crippen LogP contribution in [0.3, 0.4) is 0 Å². The van der Waals surface area contributed by atoms with Gasteiger partial charge in [0, 0.05) is 11.6 Å². The van der Waals surface area contributed by atoms with Gasteiger partial charge in [-0.2, -0.15) is 0 Å². The number of rotatable bonds is 7. The zero-order chi connectivity index (χ0) is 20.8. The van der Waals surface area contributed by atoms with Crippen molar-refractivity contribution in [3.8, 4) is 11.5 Å². The van der Waals surface area contributed by atoms with E-state index in [0.717, 1.165) is 28.2 Å². The molecule has 5 nitrogen and oxygen atoms in total. The molecule has 0 atom stereocenters. The number of esters is 1. The van der Waals surface area contributed by atoms with Gasteiger partial charge in [-0.1, -0.05) is 18.2 Å². The first-order valence-electron chi connectivity index (χ1n) is 8.79. The monoisotopic (exact) mass is 394 g/mol. The standard InChI is InChI=1S/C23H19FO5/c1-27-19-8-6-16-11-15(3-5-17(16)12-19)4-10-23(26)29-14-21(25)18-7-9-22(28-2)20(24)13-18/h3-13H,14H2,1-2H3/b10-4+. The lowest BCUT2D eigenvalue weighted by atomic mass is 10.1. The smallest absolute Gasteiger partial charge is 0.331 e. The molecule has 0 N–H and O–H groups in total. The quantitative estimate of drug-likeness (QED) is 0.337. The summed E-state index contributed by atoms with van der Waals surface area (Å²) >= 11 is 0. The number of carbonyl (C=O) groups is 2. The minimum absolute atomic E-state index is 0.0373. The molecule has 0 aromatic heterocycles. The minimum atomic E-state index is -0.665. The second-order valence-corrected chi connectivity index (χ2v) is 6.19. The maximum atomic E-state index is 13.7. The second-order valence-electron chi connectivity index (χ2n) is 6.19. The Hall–Kier alpha value is -3.67. The van der Waals surface area contributed by atoms with Crippen molar-refractivity contribution in [3.63, 3.8) is 0 Å². The summed E-state index contributed by atoms with van der Waals surface area (Å²) in [7, 11) is 2.94. The van der Waals surface area contributed by atoms with Gasteiger partial charge in [0.2, 0.25) is 0 Å². The van der Waals surface area contributed by atoms with E-state index in [0.29, 0.717) is 0 Å². The molecule has 0 heterocycles. The van der Waals surface area contributed by atoms with Crippen LogP contribution in [0, 0.1) is 5.82 Å². The van der Waals surface area contributed by atoms with Crippen LogP contribution in [0.4, 0.5) is 4.39 Å². The number of ether oxygens (including phenoxy) is 3. The molecule has 0 aliphatic carbocycles. The molecule has 0 aliphatic heterocycles. The normalized spacial score (nSPS) is 10.9. The first-order chi connectivity index (χ1) is 14.0. The lowest BCUT2D eigenvalue weighted by molar-refractivity contribution is -0.136. The Bertz CT molecular complexity index is 1090. The van der Waals surface area contributed by atoms with Crippen molar-refractivity contribution in [1.29, 1.82) is 0 Å². The number of fused-ring (bicyclic) bond motifs is 1. The molecule has 29 heavy (non-hydrogen) atoms. The van der Waals surface area contributed by atoms with Crippen molar-refractivity contribution in [3.05, 3.63) is 77.6 Å². The van der Waals surface area contributed by atoms with Crippen molar-refractivity contribution in [2.75, 3.05) is 20.8 Å². The van der Waals surface area contributed by atoms with E-state index in [1.807, 2.05) is 36.4 Å². The molecule has 0 saturated carbocycles. The Labute approximate surface area is 167 Å². The first-order valence-corrected chi connectivity index (χ1v) is 8.79. The molecule has 0 saturated heterocycles. The number of Topliss-reactive ketones (excluding diaryl/α,β-unsaturated/α-hetero) is 1. The summed E-state index contributed by atoms with van der Waals surface area (Å²) in [6, 6.07) is 15.2. The van der Waals surface area contributed by atoms with Crippen molar-refractivity contribution in [2.24, 2.45) is 0 Å². The zero-order valence-corrected chi connectivity index (χ0v) is 16.0. The number of hydrogen-bond acceptors (Lipinski definition) is 5. The second kappa shape index (κ2) is 9.01. The Kier molecular flexibility index (Phi) is 6.24. The number of benzene rings is 3. The van der Waals surface area contributed by atoms with E-state index in [1.165, 1.54) is 25.3 Å². The summed E-state index contributed by atoms with van der Waals surface area (Å²) in [5.41, 5.74) is 0.910. The maximum Gasteiger partial charge on any atom is 0.331 e. The molecule has 3 aromatic rings. The first kappa shape index (κ1) is 20.1. The highest BCUT2D eigenvalue weighted by Gasteiger charge is 2.12.